The fourth-order valence-corrected chi connectivity index (χ4v) is 3.96. The van der Waals surface area contributed by atoms with E-state index in [1.54, 1.807) is 6.07 Å². The topological polar surface area (TPSA) is 97.5 Å². The molecule has 1 aliphatic heterocycles. The quantitative estimate of drug-likeness (QED) is 0.720. The summed E-state index contributed by atoms with van der Waals surface area (Å²) in [6.45, 7) is -0.313. The Morgan fingerprint density at radius 3 is 2.59 bits per heavy atom. The molecule has 0 aromatic carbocycles. The zero-order valence-corrected chi connectivity index (χ0v) is 16.2. The van der Waals surface area contributed by atoms with E-state index >= 15 is 0 Å². The van der Waals surface area contributed by atoms with Gasteiger partial charge in [-0.25, -0.2) is 13.8 Å². The van der Waals surface area contributed by atoms with Crippen LogP contribution in [-0.2, 0) is 4.79 Å². The Bertz CT molecular complexity index is 792. The van der Waals surface area contributed by atoms with E-state index in [0.29, 0.717) is 31.1 Å². The smallest absolute Gasteiger partial charge is 0.282 e. The van der Waals surface area contributed by atoms with Crippen LogP contribution in [0.25, 0.3) is 0 Å². The van der Waals surface area contributed by atoms with Gasteiger partial charge in [-0.2, -0.15) is 0 Å². The predicted octanol–water partition coefficient (Wildman–Crippen LogP) is 2.10. The van der Waals surface area contributed by atoms with Crippen LogP contribution in [0.15, 0.2) is 12.1 Å². The summed E-state index contributed by atoms with van der Waals surface area (Å²) >= 11 is 0. The number of nitrogens with one attached hydrogen (secondary N) is 1. The number of nitrogens with two attached hydrogens (primary N) is 1. The third-order valence-corrected chi connectivity index (χ3v) is 5.86. The molecule has 1 aromatic heterocycles. The van der Waals surface area contributed by atoms with Gasteiger partial charge < -0.3 is 20.7 Å². The first-order chi connectivity index (χ1) is 13.8. The monoisotopic (exact) mass is 408 g/mol. The number of nitrogens with zero attached hydrogens (tertiary/aromatic N) is 2. The van der Waals surface area contributed by atoms with E-state index in [4.69, 9.17) is 10.5 Å². The van der Waals surface area contributed by atoms with Gasteiger partial charge in [-0.15, -0.1) is 0 Å². The van der Waals surface area contributed by atoms with Crippen LogP contribution in [0.1, 0.15) is 49.0 Å². The van der Waals surface area contributed by atoms with E-state index in [-0.39, 0.29) is 36.6 Å². The Kier molecular flexibility index (Phi) is 5.31. The first kappa shape index (κ1) is 19.8. The highest BCUT2D eigenvalue weighted by Gasteiger charge is 2.45. The molecule has 3 fully saturated rings. The normalized spacial score (nSPS) is 25.8. The molecule has 2 atom stereocenters. The molecule has 0 spiro atoms. The molecule has 2 aliphatic carbocycles. The average Bonchev–Trinajstić information content (AvgIpc) is 3.49. The molecule has 3 aliphatic rings. The first-order valence-corrected chi connectivity index (χ1v) is 10.2. The summed E-state index contributed by atoms with van der Waals surface area (Å²) in [5.74, 6) is -3.27. The molecule has 7 nitrogen and oxygen atoms in total. The minimum Gasteiger partial charge on any atom is -0.476 e. The van der Waals surface area contributed by atoms with Gasteiger partial charge in [0.15, 0.2) is 0 Å². The summed E-state index contributed by atoms with van der Waals surface area (Å²) in [6.07, 6.45) is 5.32. The van der Waals surface area contributed by atoms with Crippen molar-refractivity contribution in [1.82, 2.24) is 10.3 Å². The van der Waals surface area contributed by atoms with Gasteiger partial charge >= 0.3 is 0 Å². The number of carbonyl (C=O) groups is 2. The Hall–Kier alpha value is -2.45. The van der Waals surface area contributed by atoms with Gasteiger partial charge in [0.1, 0.15) is 11.4 Å². The minimum absolute atomic E-state index is 0.139. The van der Waals surface area contributed by atoms with E-state index in [9.17, 15) is 18.4 Å². The molecule has 0 radical (unpaired) electrons. The lowest BCUT2D eigenvalue weighted by Crippen LogP contribution is -2.56. The number of amides is 2. The number of hydrogen-bond donors (Lipinski definition) is 2. The highest BCUT2D eigenvalue weighted by Crippen LogP contribution is 2.38. The summed E-state index contributed by atoms with van der Waals surface area (Å²) in [7, 11) is 0. The summed E-state index contributed by atoms with van der Waals surface area (Å²) in [5, 5.41) is 2.87. The van der Waals surface area contributed by atoms with Crippen LogP contribution in [0, 0.1) is 11.8 Å². The molecule has 9 heteroatoms. The van der Waals surface area contributed by atoms with Crippen LogP contribution in [-0.4, -0.2) is 48.5 Å². The lowest BCUT2D eigenvalue weighted by Gasteiger charge is -2.40. The number of carbonyl (C=O) groups excluding carboxylic acids is 2. The number of rotatable bonds is 7. The van der Waals surface area contributed by atoms with Gasteiger partial charge in [0.05, 0.1) is 25.6 Å². The lowest BCUT2D eigenvalue weighted by molar-refractivity contribution is -0.123. The van der Waals surface area contributed by atoms with Crippen molar-refractivity contribution < 1.29 is 23.1 Å². The number of ether oxygens (including phenoxy) is 1. The molecule has 29 heavy (non-hydrogen) atoms. The highest BCUT2D eigenvalue weighted by atomic mass is 19.3. The Labute approximate surface area is 168 Å². The maximum atomic E-state index is 13.3. The van der Waals surface area contributed by atoms with E-state index in [1.165, 1.54) is 11.0 Å². The van der Waals surface area contributed by atoms with Crippen LogP contribution < -0.4 is 20.7 Å². The number of hydrogen-bond acceptors (Lipinski definition) is 5. The molecule has 2 amide bonds. The number of halogens is 2. The van der Waals surface area contributed by atoms with Gasteiger partial charge in [0.25, 0.3) is 11.8 Å². The van der Waals surface area contributed by atoms with Gasteiger partial charge in [-0.3, -0.25) is 9.59 Å². The van der Waals surface area contributed by atoms with Crippen molar-refractivity contribution >= 4 is 17.5 Å². The van der Waals surface area contributed by atoms with Gasteiger partial charge in [-0.1, -0.05) is 12.8 Å². The molecule has 1 saturated heterocycles. The molecule has 0 bridgehead atoms. The van der Waals surface area contributed by atoms with Crippen LogP contribution in [0.3, 0.4) is 0 Å². The molecule has 3 N–H and O–H groups in total. The molecule has 4 rings (SSSR count). The fourth-order valence-electron chi connectivity index (χ4n) is 3.96. The zero-order chi connectivity index (χ0) is 20.6. The van der Waals surface area contributed by atoms with Crippen LogP contribution in [0.5, 0.6) is 5.88 Å². The maximum absolute atomic E-state index is 13.3. The van der Waals surface area contributed by atoms with Gasteiger partial charge in [0.2, 0.25) is 11.8 Å². The first-order valence-electron chi connectivity index (χ1n) is 10.2. The van der Waals surface area contributed by atoms with Crippen LogP contribution in [0.4, 0.5) is 14.5 Å². The molecule has 158 valence electrons. The maximum Gasteiger partial charge on any atom is 0.282 e. The van der Waals surface area contributed by atoms with E-state index in [0.717, 1.165) is 25.7 Å². The van der Waals surface area contributed by atoms with Crippen molar-refractivity contribution in [3.8, 4) is 5.88 Å². The molecular formula is C20H26F2N4O3. The molecule has 0 unspecified atom stereocenters. The summed E-state index contributed by atoms with van der Waals surface area (Å²) in [4.78, 5) is 30.2. The number of pyridine rings is 1. The number of aromatic nitrogens is 1. The second-order valence-corrected chi connectivity index (χ2v) is 8.36. The number of alkyl halides is 2. The third kappa shape index (κ3) is 4.59. The summed E-state index contributed by atoms with van der Waals surface area (Å²) in [5.41, 5.74) is 6.09. The summed E-state index contributed by atoms with van der Waals surface area (Å²) < 4.78 is 32.4. The third-order valence-electron chi connectivity index (χ3n) is 5.86. The van der Waals surface area contributed by atoms with Gasteiger partial charge in [0, 0.05) is 6.04 Å². The van der Waals surface area contributed by atoms with Crippen molar-refractivity contribution in [2.24, 2.45) is 17.6 Å². The molecule has 2 saturated carbocycles. The van der Waals surface area contributed by atoms with E-state index < -0.39 is 17.7 Å². The molecule has 2 heterocycles. The van der Waals surface area contributed by atoms with Crippen molar-refractivity contribution in [3.63, 3.8) is 0 Å². The number of primary amides is 1. The molecule has 1 aromatic rings. The standard InChI is InChI=1S/C20H26F2N4O3/c21-20(22)10-26(11-20)16-8-7-15(25-19(16)29-9-12-5-6-12)18(28)24-14-4-2-1-3-13(14)17(23)27/h7-8,12-14H,1-6,9-11H2,(H2,23,27)(H,24,28)/t13-,14+/m1/s1. The van der Waals surface area contributed by atoms with Gasteiger partial charge in [-0.05, 0) is 43.7 Å². The molecular weight excluding hydrogens is 382 g/mol. The Morgan fingerprint density at radius 1 is 1.21 bits per heavy atom. The Balaban J connectivity index is 1.49. The van der Waals surface area contributed by atoms with Crippen LogP contribution in [0.2, 0.25) is 0 Å². The average molecular weight is 408 g/mol. The van der Waals surface area contributed by atoms with Crippen molar-refractivity contribution in [2.45, 2.75) is 50.5 Å². The van der Waals surface area contributed by atoms with Crippen molar-refractivity contribution in [3.05, 3.63) is 17.8 Å². The Morgan fingerprint density at radius 2 is 1.93 bits per heavy atom. The second-order valence-electron chi connectivity index (χ2n) is 8.36. The SMILES string of the molecule is NC(=O)[C@@H]1CCCC[C@@H]1NC(=O)c1ccc(N2CC(F)(F)C2)c(OCC2CC2)n1. The second kappa shape index (κ2) is 7.76. The van der Waals surface area contributed by atoms with Crippen molar-refractivity contribution in [2.75, 3.05) is 24.6 Å². The zero-order valence-electron chi connectivity index (χ0n) is 16.2. The van der Waals surface area contributed by atoms with E-state index in [2.05, 4.69) is 10.3 Å². The van der Waals surface area contributed by atoms with Crippen molar-refractivity contribution in [1.29, 1.82) is 0 Å². The lowest BCUT2D eigenvalue weighted by atomic mass is 9.84. The fraction of sp³-hybridized carbons (Fsp3) is 0.650. The minimum atomic E-state index is -2.71. The van der Waals surface area contributed by atoms with E-state index in [1.807, 2.05) is 0 Å². The largest absolute Gasteiger partial charge is 0.476 e. The predicted molar refractivity (Wildman–Crippen MR) is 102 cm³/mol. The highest BCUT2D eigenvalue weighted by molar-refractivity contribution is 5.93. The van der Waals surface area contributed by atoms with Crippen LogP contribution >= 0.6 is 0 Å². The summed E-state index contributed by atoms with van der Waals surface area (Å²) in [6, 6.07) is 2.79. The number of anilines is 1.